The molecule has 0 amide bonds. The highest BCUT2D eigenvalue weighted by Crippen LogP contribution is 2.24. The van der Waals surface area contributed by atoms with Crippen LogP contribution in [0.1, 0.15) is 57.2 Å². The fourth-order valence-electron chi connectivity index (χ4n) is 4.45. The number of aryl methyl sites for hydroxylation is 2. The lowest BCUT2D eigenvalue weighted by molar-refractivity contribution is -0.0111. The molecule has 2 aromatic carbocycles. The molecule has 1 aliphatic rings. The van der Waals surface area contributed by atoms with Crippen LogP contribution in [0.2, 0.25) is 0 Å². The van der Waals surface area contributed by atoms with Gasteiger partial charge < -0.3 is 24.8 Å². The third-order valence-corrected chi connectivity index (χ3v) is 6.78. The molecule has 0 atom stereocenters. The lowest BCUT2D eigenvalue weighted by Gasteiger charge is -2.19. The number of hydrogen-bond acceptors (Lipinski definition) is 8. The van der Waals surface area contributed by atoms with Gasteiger partial charge in [-0.1, -0.05) is 69.2 Å². The lowest BCUT2D eigenvalue weighted by Crippen LogP contribution is -2.30. The van der Waals surface area contributed by atoms with Crippen molar-refractivity contribution in [2.24, 2.45) is 4.99 Å². The zero-order valence-corrected chi connectivity index (χ0v) is 24.6. The van der Waals surface area contributed by atoms with E-state index in [1.165, 1.54) is 5.56 Å². The SMILES string of the molecule is CCCCOCC(COCCCC)Oc1nc(CCCc2ccccc2)cc(-c2ccc(NC3=NCCN3)cc2)n1. The minimum absolute atomic E-state index is 0.276. The fourth-order valence-corrected chi connectivity index (χ4v) is 4.45. The van der Waals surface area contributed by atoms with Gasteiger partial charge in [0, 0.05) is 36.7 Å². The predicted molar refractivity (Wildman–Crippen MR) is 166 cm³/mol. The molecule has 0 saturated heterocycles. The lowest BCUT2D eigenvalue weighted by atomic mass is 10.1. The predicted octanol–water partition coefficient (Wildman–Crippen LogP) is 6.07. The summed E-state index contributed by atoms with van der Waals surface area (Å²) in [5, 5.41) is 6.56. The third-order valence-electron chi connectivity index (χ3n) is 6.78. The number of ether oxygens (including phenoxy) is 3. The molecule has 0 saturated carbocycles. The van der Waals surface area contributed by atoms with Crippen molar-refractivity contribution in [3.8, 4) is 17.3 Å². The molecule has 0 aliphatic carbocycles. The maximum absolute atomic E-state index is 6.35. The number of benzene rings is 2. The molecule has 220 valence electrons. The van der Waals surface area contributed by atoms with Crippen molar-refractivity contribution in [3.05, 3.63) is 71.9 Å². The van der Waals surface area contributed by atoms with Gasteiger partial charge in [0.1, 0.15) is 6.10 Å². The van der Waals surface area contributed by atoms with E-state index in [9.17, 15) is 0 Å². The summed E-state index contributed by atoms with van der Waals surface area (Å²) in [6.07, 6.45) is 6.77. The first-order chi connectivity index (χ1) is 20.2. The Kier molecular flexibility index (Phi) is 12.9. The highest BCUT2D eigenvalue weighted by Gasteiger charge is 2.16. The number of rotatable bonds is 18. The third kappa shape index (κ3) is 10.8. The van der Waals surface area contributed by atoms with Gasteiger partial charge in [0.25, 0.3) is 0 Å². The van der Waals surface area contributed by atoms with Crippen LogP contribution in [0.15, 0.2) is 65.7 Å². The van der Waals surface area contributed by atoms with E-state index < -0.39 is 0 Å². The zero-order chi connectivity index (χ0) is 28.5. The first kappa shape index (κ1) is 30.5. The summed E-state index contributed by atoms with van der Waals surface area (Å²) >= 11 is 0. The van der Waals surface area contributed by atoms with E-state index in [1.807, 2.05) is 12.1 Å². The number of aromatic nitrogens is 2. The molecular formula is C33H45N5O3. The van der Waals surface area contributed by atoms with Crippen LogP contribution in [-0.4, -0.2) is 61.5 Å². The summed E-state index contributed by atoms with van der Waals surface area (Å²) in [6, 6.07) is 21.2. The molecule has 2 N–H and O–H groups in total. The average Bonchev–Trinajstić information content (AvgIpc) is 3.51. The van der Waals surface area contributed by atoms with Crippen LogP contribution in [0.5, 0.6) is 6.01 Å². The molecule has 0 radical (unpaired) electrons. The summed E-state index contributed by atoms with van der Waals surface area (Å²) in [5.74, 6) is 0.810. The Bertz CT molecular complexity index is 1180. The molecule has 41 heavy (non-hydrogen) atoms. The number of nitrogens with one attached hydrogen (secondary N) is 2. The molecule has 3 aromatic rings. The van der Waals surface area contributed by atoms with Crippen LogP contribution in [0.4, 0.5) is 5.69 Å². The van der Waals surface area contributed by atoms with Gasteiger partial charge in [-0.25, -0.2) is 4.98 Å². The minimum Gasteiger partial charge on any atom is -0.455 e. The van der Waals surface area contributed by atoms with Crippen LogP contribution in [0.25, 0.3) is 11.3 Å². The topological polar surface area (TPSA) is 89.9 Å². The van der Waals surface area contributed by atoms with E-state index in [2.05, 4.69) is 78.0 Å². The summed E-state index contributed by atoms with van der Waals surface area (Å²) in [4.78, 5) is 14.1. The van der Waals surface area contributed by atoms with Gasteiger partial charge >= 0.3 is 6.01 Å². The summed E-state index contributed by atoms with van der Waals surface area (Å²) in [5.41, 5.74) is 5.11. The van der Waals surface area contributed by atoms with Gasteiger partial charge in [0.2, 0.25) is 0 Å². The van der Waals surface area contributed by atoms with E-state index in [4.69, 9.17) is 24.2 Å². The Morgan fingerprint density at radius 1 is 0.854 bits per heavy atom. The summed E-state index contributed by atoms with van der Waals surface area (Å²) in [6.45, 7) is 8.29. The van der Waals surface area contributed by atoms with Gasteiger partial charge in [0.05, 0.1) is 25.5 Å². The smallest absolute Gasteiger partial charge is 0.317 e. The second-order valence-corrected chi connectivity index (χ2v) is 10.3. The van der Waals surface area contributed by atoms with Gasteiger partial charge in [-0.3, -0.25) is 4.99 Å². The first-order valence-corrected chi connectivity index (χ1v) is 15.1. The summed E-state index contributed by atoms with van der Waals surface area (Å²) < 4.78 is 18.2. The normalized spacial score (nSPS) is 12.8. The quantitative estimate of drug-likeness (QED) is 0.183. The van der Waals surface area contributed by atoms with Crippen LogP contribution >= 0.6 is 0 Å². The number of hydrogen-bond donors (Lipinski definition) is 2. The van der Waals surface area contributed by atoms with Crippen molar-refractivity contribution in [1.29, 1.82) is 0 Å². The standard InChI is InChI=1S/C33H45N5O3/c1-3-5-21-39-24-30(25-40-22-6-4-2)41-33-37-29(14-10-13-26-11-8-7-9-12-26)23-31(38-33)27-15-17-28(18-16-27)36-32-34-19-20-35-32/h7-9,11-12,15-18,23,30H,3-6,10,13-14,19-22,24-25H2,1-2H3,(H2,34,35,36). The van der Waals surface area contributed by atoms with Gasteiger partial charge in [-0.05, 0) is 55.9 Å². The van der Waals surface area contributed by atoms with E-state index >= 15 is 0 Å². The van der Waals surface area contributed by atoms with Crippen molar-refractivity contribution < 1.29 is 14.2 Å². The Morgan fingerprint density at radius 3 is 2.24 bits per heavy atom. The first-order valence-electron chi connectivity index (χ1n) is 15.1. The molecule has 0 fully saturated rings. The van der Waals surface area contributed by atoms with Crippen molar-refractivity contribution in [1.82, 2.24) is 15.3 Å². The Hall–Kier alpha value is -3.49. The number of aliphatic imine (C=N–C) groups is 1. The Labute approximate surface area is 245 Å². The molecule has 8 nitrogen and oxygen atoms in total. The summed E-state index contributed by atoms with van der Waals surface area (Å²) in [7, 11) is 0. The molecule has 8 heteroatoms. The second kappa shape index (κ2) is 17.4. The van der Waals surface area contributed by atoms with Crippen LogP contribution in [-0.2, 0) is 22.3 Å². The molecule has 1 aromatic heterocycles. The van der Waals surface area contributed by atoms with E-state index in [1.54, 1.807) is 0 Å². The Balaban J connectivity index is 1.50. The maximum atomic E-state index is 6.35. The van der Waals surface area contributed by atoms with Crippen LogP contribution in [0, 0.1) is 0 Å². The van der Waals surface area contributed by atoms with Gasteiger partial charge in [0.15, 0.2) is 5.96 Å². The Morgan fingerprint density at radius 2 is 1.59 bits per heavy atom. The number of anilines is 1. The van der Waals surface area contributed by atoms with Crippen molar-refractivity contribution in [2.75, 3.05) is 44.8 Å². The number of nitrogens with zero attached hydrogens (tertiary/aromatic N) is 3. The molecule has 0 bridgehead atoms. The van der Waals surface area contributed by atoms with Crippen molar-refractivity contribution in [3.63, 3.8) is 0 Å². The highest BCUT2D eigenvalue weighted by molar-refractivity contribution is 5.94. The van der Waals surface area contributed by atoms with E-state index in [-0.39, 0.29) is 6.10 Å². The molecular weight excluding hydrogens is 514 g/mol. The number of guanidine groups is 1. The zero-order valence-electron chi connectivity index (χ0n) is 24.6. The largest absolute Gasteiger partial charge is 0.455 e. The minimum atomic E-state index is -0.276. The van der Waals surface area contributed by atoms with Crippen molar-refractivity contribution in [2.45, 2.75) is 64.9 Å². The maximum Gasteiger partial charge on any atom is 0.317 e. The van der Waals surface area contributed by atoms with Gasteiger partial charge in [-0.15, -0.1) is 0 Å². The fraction of sp³-hybridized carbons (Fsp3) is 0.485. The highest BCUT2D eigenvalue weighted by atomic mass is 16.6. The van der Waals surface area contributed by atoms with Gasteiger partial charge in [-0.2, -0.15) is 4.98 Å². The number of unbranched alkanes of at least 4 members (excludes halogenated alkanes) is 2. The van der Waals surface area contributed by atoms with Crippen molar-refractivity contribution >= 4 is 11.6 Å². The second-order valence-electron chi connectivity index (χ2n) is 10.3. The molecule has 0 unspecified atom stereocenters. The van der Waals surface area contributed by atoms with Crippen LogP contribution < -0.4 is 15.4 Å². The van der Waals surface area contributed by atoms with E-state index in [0.717, 1.165) is 86.6 Å². The van der Waals surface area contributed by atoms with Crippen LogP contribution in [0.3, 0.4) is 0 Å². The molecule has 2 heterocycles. The molecule has 4 rings (SSSR count). The van der Waals surface area contributed by atoms with E-state index in [0.29, 0.717) is 32.4 Å². The molecule has 0 spiro atoms. The monoisotopic (exact) mass is 559 g/mol. The average molecular weight is 560 g/mol. The molecule has 1 aliphatic heterocycles.